The van der Waals surface area contributed by atoms with Gasteiger partial charge in [-0.1, -0.05) is 72.8 Å². The highest BCUT2D eigenvalue weighted by atomic mass is 32.1. The van der Waals surface area contributed by atoms with E-state index in [0.29, 0.717) is 22.3 Å². The van der Waals surface area contributed by atoms with Gasteiger partial charge in [-0.3, -0.25) is 9.59 Å². The molecule has 0 spiro atoms. The molecule has 8 nitrogen and oxygen atoms in total. The Morgan fingerprint density at radius 1 is 0.578 bits per heavy atom. The number of amides is 2. The molecular formula is C36H22N2O6S. The molecule has 0 saturated heterocycles. The molecule has 2 amide bonds. The maximum absolute atomic E-state index is 12.6. The van der Waals surface area contributed by atoms with Crippen LogP contribution in [0, 0.1) is 0 Å². The Morgan fingerprint density at radius 2 is 0.978 bits per heavy atom. The van der Waals surface area contributed by atoms with Gasteiger partial charge in [0.25, 0.3) is 11.8 Å². The Balaban J connectivity index is 1.32. The molecule has 5 aromatic rings. The number of nitrogens with two attached hydrogens (primary N) is 2. The van der Waals surface area contributed by atoms with Crippen LogP contribution in [0.4, 0.5) is 0 Å². The van der Waals surface area contributed by atoms with Gasteiger partial charge >= 0.3 is 11.9 Å². The first kappa shape index (κ1) is 27.8. The SMILES string of the molecule is NC(=O)C1=C(c2ccccc2)C(=Cc2ccc3sc4ccc(C=C5OC(=O)C(C(N)=O)=C5c5ccccc5)cc4c3c2)OC1=O. The fourth-order valence-corrected chi connectivity index (χ4v) is 6.65. The minimum Gasteiger partial charge on any atom is -0.422 e. The first-order chi connectivity index (χ1) is 21.8. The summed E-state index contributed by atoms with van der Waals surface area (Å²) in [4.78, 5) is 49.6. The minimum atomic E-state index is -0.857. The minimum absolute atomic E-state index is 0.191. The van der Waals surface area contributed by atoms with Crippen LogP contribution in [0.15, 0.2) is 120 Å². The zero-order valence-corrected chi connectivity index (χ0v) is 24.2. The maximum atomic E-state index is 12.6. The highest BCUT2D eigenvalue weighted by molar-refractivity contribution is 7.25. The van der Waals surface area contributed by atoms with Crippen LogP contribution >= 0.6 is 11.3 Å². The summed E-state index contributed by atoms with van der Waals surface area (Å²) in [5, 5.41) is 1.91. The van der Waals surface area contributed by atoms with Crippen molar-refractivity contribution in [1.82, 2.24) is 0 Å². The van der Waals surface area contributed by atoms with Crippen LogP contribution in [-0.4, -0.2) is 23.8 Å². The predicted molar refractivity (Wildman–Crippen MR) is 173 cm³/mol. The molecule has 0 fully saturated rings. The second kappa shape index (κ2) is 10.9. The lowest BCUT2D eigenvalue weighted by Gasteiger charge is -2.06. The highest BCUT2D eigenvalue weighted by Crippen LogP contribution is 2.40. The normalized spacial score (nSPS) is 16.7. The second-order valence-electron chi connectivity index (χ2n) is 10.4. The summed E-state index contributed by atoms with van der Waals surface area (Å²) in [5.74, 6) is -2.82. The molecule has 3 heterocycles. The molecule has 7 rings (SSSR count). The summed E-state index contributed by atoms with van der Waals surface area (Å²) >= 11 is 1.62. The van der Waals surface area contributed by atoms with E-state index in [9.17, 15) is 19.2 Å². The van der Waals surface area contributed by atoms with Crippen LogP contribution in [0.5, 0.6) is 0 Å². The summed E-state index contributed by atoms with van der Waals surface area (Å²) in [7, 11) is 0. The number of esters is 2. The molecule has 0 aliphatic carbocycles. The Hall–Kier alpha value is -6.06. The molecule has 2 aliphatic rings. The molecule has 0 radical (unpaired) electrons. The van der Waals surface area contributed by atoms with E-state index in [4.69, 9.17) is 20.9 Å². The number of rotatable bonds is 6. The second-order valence-corrected chi connectivity index (χ2v) is 11.5. The van der Waals surface area contributed by atoms with Crippen molar-refractivity contribution in [2.45, 2.75) is 0 Å². The van der Waals surface area contributed by atoms with Crippen LogP contribution in [0.2, 0.25) is 0 Å². The molecular weight excluding hydrogens is 588 g/mol. The number of benzene rings is 4. The van der Waals surface area contributed by atoms with Gasteiger partial charge in [-0.05, 0) is 58.7 Å². The van der Waals surface area contributed by atoms with E-state index in [2.05, 4.69) is 0 Å². The number of cyclic esters (lactones) is 2. The quantitative estimate of drug-likeness (QED) is 0.186. The molecule has 0 unspecified atom stereocenters. The molecule has 1 aromatic heterocycles. The van der Waals surface area contributed by atoms with E-state index in [0.717, 1.165) is 31.3 Å². The van der Waals surface area contributed by atoms with E-state index in [1.54, 1.807) is 72.0 Å². The van der Waals surface area contributed by atoms with E-state index in [1.807, 2.05) is 48.5 Å². The average Bonchev–Trinajstić information content (AvgIpc) is 3.67. The molecule has 0 atom stereocenters. The molecule has 4 aromatic carbocycles. The van der Waals surface area contributed by atoms with Gasteiger partial charge in [0.1, 0.15) is 22.7 Å². The Kier molecular flexibility index (Phi) is 6.72. The molecule has 2 aliphatic heterocycles. The molecule has 9 heteroatoms. The smallest absolute Gasteiger partial charge is 0.349 e. The van der Waals surface area contributed by atoms with E-state index >= 15 is 0 Å². The summed E-state index contributed by atoms with van der Waals surface area (Å²) in [6.45, 7) is 0. The molecule has 45 heavy (non-hydrogen) atoms. The fraction of sp³-hybridized carbons (Fsp3) is 0. The van der Waals surface area contributed by atoms with E-state index in [-0.39, 0.29) is 22.7 Å². The average molecular weight is 611 g/mol. The molecule has 0 bridgehead atoms. The number of fused-ring (bicyclic) bond motifs is 3. The number of thiophene rings is 1. The van der Waals surface area contributed by atoms with Gasteiger partial charge in [0.05, 0.1) is 0 Å². The standard InChI is InChI=1S/C36H22N2O6S/c37-33(39)31-29(21-7-3-1-4-8-21)25(43-35(31)41)17-19-11-13-27-23(15-19)24-16-20(12-14-28(24)45-27)18-26-30(22-9-5-2-6-10-22)32(34(38)40)36(42)44-26/h1-18H,(H2,37,39)(H2,38,40). The Labute approximate surface area is 260 Å². The van der Waals surface area contributed by atoms with E-state index in [1.165, 1.54) is 0 Å². The number of hydrogen-bond acceptors (Lipinski definition) is 7. The lowest BCUT2D eigenvalue weighted by Crippen LogP contribution is -2.19. The van der Waals surface area contributed by atoms with Crippen molar-refractivity contribution in [1.29, 1.82) is 0 Å². The molecule has 4 N–H and O–H groups in total. The van der Waals surface area contributed by atoms with Gasteiger partial charge in [-0.25, -0.2) is 9.59 Å². The Morgan fingerprint density at radius 3 is 1.36 bits per heavy atom. The highest BCUT2D eigenvalue weighted by Gasteiger charge is 2.35. The summed E-state index contributed by atoms with van der Waals surface area (Å²) in [6.07, 6.45) is 3.43. The number of carbonyl (C=O) groups is 4. The lowest BCUT2D eigenvalue weighted by molar-refractivity contribution is -0.136. The van der Waals surface area contributed by atoms with Gasteiger partial charge < -0.3 is 20.9 Å². The number of carbonyl (C=O) groups excluding carboxylic acids is 4. The number of primary amides is 2. The number of hydrogen-bond donors (Lipinski definition) is 2. The third-order valence-corrected chi connectivity index (χ3v) is 8.69. The van der Waals surface area contributed by atoms with Gasteiger partial charge in [0.15, 0.2) is 0 Å². The van der Waals surface area contributed by atoms with Crippen molar-refractivity contribution < 1.29 is 28.7 Å². The van der Waals surface area contributed by atoms with Crippen molar-refractivity contribution in [3.63, 3.8) is 0 Å². The third-order valence-electron chi connectivity index (χ3n) is 7.54. The van der Waals surface area contributed by atoms with Gasteiger partial charge in [0, 0.05) is 31.3 Å². The first-order valence-electron chi connectivity index (χ1n) is 13.8. The number of allylic oxidation sites excluding steroid dienone is 2. The molecule has 0 saturated carbocycles. The van der Waals surface area contributed by atoms with Crippen molar-refractivity contribution in [3.8, 4) is 0 Å². The van der Waals surface area contributed by atoms with Crippen molar-refractivity contribution in [3.05, 3.63) is 142 Å². The van der Waals surface area contributed by atoms with E-state index < -0.39 is 23.8 Å². The summed E-state index contributed by atoms with van der Waals surface area (Å²) in [5.41, 5.74) is 14.2. The van der Waals surface area contributed by atoms with Crippen molar-refractivity contribution in [2.75, 3.05) is 0 Å². The van der Waals surface area contributed by atoms with Crippen LogP contribution in [-0.2, 0) is 28.7 Å². The van der Waals surface area contributed by atoms with Crippen molar-refractivity contribution >= 4 is 78.6 Å². The fourth-order valence-electron chi connectivity index (χ4n) is 5.58. The predicted octanol–water partition coefficient (Wildman–Crippen LogP) is 5.73. The Bertz CT molecular complexity index is 2080. The van der Waals surface area contributed by atoms with Gasteiger partial charge in [-0.15, -0.1) is 11.3 Å². The summed E-state index contributed by atoms with van der Waals surface area (Å²) < 4.78 is 13.1. The van der Waals surface area contributed by atoms with Gasteiger partial charge in [-0.2, -0.15) is 0 Å². The van der Waals surface area contributed by atoms with Crippen LogP contribution in [0.3, 0.4) is 0 Å². The molecule has 218 valence electrons. The first-order valence-corrected chi connectivity index (χ1v) is 14.6. The lowest BCUT2D eigenvalue weighted by atomic mass is 9.97. The summed E-state index contributed by atoms with van der Waals surface area (Å²) in [6, 6.07) is 29.8. The largest absolute Gasteiger partial charge is 0.422 e. The van der Waals surface area contributed by atoms with Gasteiger partial charge in [0.2, 0.25) is 0 Å². The van der Waals surface area contributed by atoms with Crippen LogP contribution in [0.25, 0.3) is 43.5 Å². The topological polar surface area (TPSA) is 139 Å². The van der Waals surface area contributed by atoms with Crippen molar-refractivity contribution in [2.24, 2.45) is 11.5 Å². The zero-order valence-electron chi connectivity index (χ0n) is 23.4. The van der Waals surface area contributed by atoms with Crippen LogP contribution in [0.1, 0.15) is 22.3 Å². The monoisotopic (exact) mass is 610 g/mol. The van der Waals surface area contributed by atoms with Crippen LogP contribution < -0.4 is 11.5 Å². The number of ether oxygens (including phenoxy) is 2. The third kappa shape index (κ3) is 4.91. The maximum Gasteiger partial charge on any atom is 0.349 e. The zero-order chi connectivity index (χ0) is 31.2.